The second-order valence-electron chi connectivity index (χ2n) is 3.36. The second kappa shape index (κ2) is 4.19. The van der Waals surface area contributed by atoms with Gasteiger partial charge in [0.05, 0.1) is 0 Å². The van der Waals surface area contributed by atoms with Crippen molar-refractivity contribution in [1.29, 1.82) is 0 Å². The monoisotopic (exact) mass is 197 g/mol. The van der Waals surface area contributed by atoms with Crippen LogP contribution in [0.15, 0.2) is 12.1 Å². The zero-order valence-corrected chi connectivity index (χ0v) is 8.28. The van der Waals surface area contributed by atoms with Crippen LogP contribution in [0, 0.1) is 0 Å². The molecule has 1 rings (SSSR count). The third-order valence-corrected chi connectivity index (χ3v) is 2.19. The standard InChI is InChI=1S/C10H15NO3/c1-6(11-2)3-7-4-9(13)10(14)5-8(7)12/h4-6,11-14H,3H2,1-2H3/t6-/m1/s1. The number of phenols is 3. The van der Waals surface area contributed by atoms with E-state index in [4.69, 9.17) is 5.11 Å². The van der Waals surface area contributed by atoms with Crippen molar-refractivity contribution in [2.75, 3.05) is 7.05 Å². The number of benzene rings is 1. The van der Waals surface area contributed by atoms with E-state index in [-0.39, 0.29) is 23.3 Å². The van der Waals surface area contributed by atoms with Crippen LogP contribution in [0.4, 0.5) is 0 Å². The van der Waals surface area contributed by atoms with Crippen molar-refractivity contribution in [3.63, 3.8) is 0 Å². The van der Waals surface area contributed by atoms with Gasteiger partial charge in [0, 0.05) is 12.1 Å². The highest BCUT2D eigenvalue weighted by Crippen LogP contribution is 2.32. The predicted molar refractivity (Wildman–Crippen MR) is 53.7 cm³/mol. The first-order valence-corrected chi connectivity index (χ1v) is 4.45. The Bertz CT molecular complexity index is 325. The summed E-state index contributed by atoms with van der Waals surface area (Å²) in [6.45, 7) is 1.96. The summed E-state index contributed by atoms with van der Waals surface area (Å²) < 4.78 is 0. The van der Waals surface area contributed by atoms with E-state index < -0.39 is 0 Å². The van der Waals surface area contributed by atoms with E-state index >= 15 is 0 Å². The van der Waals surface area contributed by atoms with Gasteiger partial charge < -0.3 is 20.6 Å². The van der Waals surface area contributed by atoms with Crippen molar-refractivity contribution in [3.05, 3.63) is 17.7 Å². The van der Waals surface area contributed by atoms with Crippen LogP contribution in [-0.4, -0.2) is 28.4 Å². The number of phenolic OH excluding ortho intramolecular Hbond substituents is 3. The van der Waals surface area contributed by atoms with Crippen LogP contribution >= 0.6 is 0 Å². The molecule has 0 spiro atoms. The van der Waals surface area contributed by atoms with Gasteiger partial charge in [0.25, 0.3) is 0 Å². The lowest BCUT2D eigenvalue weighted by Crippen LogP contribution is -2.23. The smallest absolute Gasteiger partial charge is 0.161 e. The zero-order chi connectivity index (χ0) is 10.7. The summed E-state index contributed by atoms with van der Waals surface area (Å²) in [6, 6.07) is 2.72. The number of rotatable bonds is 3. The molecule has 0 radical (unpaired) electrons. The minimum Gasteiger partial charge on any atom is -0.508 e. The molecular weight excluding hydrogens is 182 g/mol. The molecule has 14 heavy (non-hydrogen) atoms. The van der Waals surface area contributed by atoms with Gasteiger partial charge in [-0.15, -0.1) is 0 Å². The van der Waals surface area contributed by atoms with Gasteiger partial charge in [-0.3, -0.25) is 0 Å². The van der Waals surface area contributed by atoms with Crippen molar-refractivity contribution in [2.45, 2.75) is 19.4 Å². The van der Waals surface area contributed by atoms with Gasteiger partial charge in [-0.05, 0) is 32.0 Å². The Morgan fingerprint density at radius 1 is 1.14 bits per heavy atom. The fourth-order valence-corrected chi connectivity index (χ4v) is 1.20. The van der Waals surface area contributed by atoms with E-state index in [1.54, 1.807) is 0 Å². The molecule has 0 aliphatic carbocycles. The van der Waals surface area contributed by atoms with Crippen LogP contribution in [0.1, 0.15) is 12.5 Å². The van der Waals surface area contributed by atoms with Gasteiger partial charge >= 0.3 is 0 Å². The molecule has 0 aromatic heterocycles. The highest BCUT2D eigenvalue weighted by Gasteiger charge is 2.09. The molecule has 4 nitrogen and oxygen atoms in total. The van der Waals surface area contributed by atoms with Crippen molar-refractivity contribution in [3.8, 4) is 17.2 Å². The molecule has 0 heterocycles. The lowest BCUT2D eigenvalue weighted by atomic mass is 10.1. The fraction of sp³-hybridized carbons (Fsp3) is 0.400. The molecule has 0 aliphatic heterocycles. The summed E-state index contributed by atoms with van der Waals surface area (Å²) >= 11 is 0. The molecule has 0 fully saturated rings. The summed E-state index contributed by atoms with van der Waals surface area (Å²) in [6.07, 6.45) is 0.593. The van der Waals surface area contributed by atoms with Crippen LogP contribution in [-0.2, 0) is 6.42 Å². The molecule has 0 aliphatic rings. The summed E-state index contributed by atoms with van der Waals surface area (Å²) in [5, 5.41) is 30.8. The average Bonchev–Trinajstić information content (AvgIpc) is 2.14. The minimum atomic E-state index is -0.302. The SMILES string of the molecule is CN[C@H](C)Cc1cc(O)c(O)cc1O. The largest absolute Gasteiger partial charge is 0.508 e. The molecule has 0 saturated heterocycles. The third-order valence-electron chi connectivity index (χ3n) is 2.19. The molecule has 0 unspecified atom stereocenters. The van der Waals surface area contributed by atoms with Crippen molar-refractivity contribution in [2.24, 2.45) is 0 Å². The van der Waals surface area contributed by atoms with Crippen LogP contribution in [0.3, 0.4) is 0 Å². The molecule has 0 bridgehead atoms. The highest BCUT2D eigenvalue weighted by atomic mass is 16.3. The lowest BCUT2D eigenvalue weighted by molar-refractivity contribution is 0.393. The number of aromatic hydroxyl groups is 3. The molecule has 1 aromatic carbocycles. The Hall–Kier alpha value is -1.42. The third kappa shape index (κ3) is 2.29. The zero-order valence-electron chi connectivity index (χ0n) is 8.28. The van der Waals surface area contributed by atoms with Gasteiger partial charge in [0.1, 0.15) is 5.75 Å². The second-order valence-corrected chi connectivity index (χ2v) is 3.36. The van der Waals surface area contributed by atoms with Gasteiger partial charge in [-0.1, -0.05) is 0 Å². The molecule has 0 saturated carbocycles. The summed E-state index contributed by atoms with van der Waals surface area (Å²) in [4.78, 5) is 0. The van der Waals surface area contributed by atoms with Gasteiger partial charge in [-0.25, -0.2) is 0 Å². The van der Waals surface area contributed by atoms with E-state index in [9.17, 15) is 10.2 Å². The summed E-state index contributed by atoms with van der Waals surface area (Å²) in [5.74, 6) is -0.508. The lowest BCUT2D eigenvalue weighted by Gasteiger charge is -2.12. The fourth-order valence-electron chi connectivity index (χ4n) is 1.20. The maximum Gasteiger partial charge on any atom is 0.161 e. The minimum absolute atomic E-state index is 0.00222. The Labute approximate surface area is 82.8 Å². The molecule has 1 atom stereocenters. The topological polar surface area (TPSA) is 72.7 Å². The highest BCUT2D eigenvalue weighted by molar-refractivity contribution is 5.48. The van der Waals surface area contributed by atoms with Gasteiger partial charge in [0.15, 0.2) is 11.5 Å². The van der Waals surface area contributed by atoms with E-state index in [2.05, 4.69) is 5.32 Å². The van der Waals surface area contributed by atoms with Gasteiger partial charge in [0.2, 0.25) is 0 Å². The van der Waals surface area contributed by atoms with Crippen LogP contribution in [0.2, 0.25) is 0 Å². The van der Waals surface area contributed by atoms with E-state index in [1.165, 1.54) is 6.07 Å². The predicted octanol–water partition coefficient (Wildman–Crippen LogP) is 0.954. The molecule has 4 N–H and O–H groups in total. The first kappa shape index (κ1) is 10.7. The maximum atomic E-state index is 9.46. The van der Waals surface area contributed by atoms with Gasteiger partial charge in [-0.2, -0.15) is 0 Å². The molecular formula is C10H15NO3. The number of hydrogen-bond donors (Lipinski definition) is 4. The van der Waals surface area contributed by atoms with E-state index in [1.807, 2.05) is 14.0 Å². The average molecular weight is 197 g/mol. The first-order chi connectivity index (χ1) is 6.54. The first-order valence-electron chi connectivity index (χ1n) is 4.45. The molecule has 1 aromatic rings. The number of hydrogen-bond acceptors (Lipinski definition) is 4. The number of likely N-dealkylation sites (N-methyl/N-ethyl adjacent to an activating group) is 1. The Kier molecular flexibility index (Phi) is 3.19. The number of nitrogens with one attached hydrogen (secondary N) is 1. The van der Waals surface area contributed by atoms with E-state index in [0.717, 1.165) is 6.07 Å². The van der Waals surface area contributed by atoms with Crippen LogP contribution in [0.25, 0.3) is 0 Å². The molecule has 78 valence electrons. The maximum absolute atomic E-state index is 9.46. The Balaban J connectivity index is 2.92. The molecule has 0 amide bonds. The summed E-state index contributed by atoms with van der Waals surface area (Å²) in [7, 11) is 1.82. The van der Waals surface area contributed by atoms with Crippen molar-refractivity contribution in [1.82, 2.24) is 5.32 Å². The quantitative estimate of drug-likeness (QED) is 0.430. The molecule has 4 heteroatoms. The normalized spacial score (nSPS) is 12.7. The van der Waals surface area contributed by atoms with E-state index in [0.29, 0.717) is 12.0 Å². The van der Waals surface area contributed by atoms with Crippen molar-refractivity contribution < 1.29 is 15.3 Å². The van der Waals surface area contributed by atoms with Crippen LogP contribution in [0.5, 0.6) is 17.2 Å². The van der Waals surface area contributed by atoms with Crippen LogP contribution < -0.4 is 5.32 Å². The Morgan fingerprint density at radius 2 is 1.71 bits per heavy atom. The Morgan fingerprint density at radius 3 is 2.29 bits per heavy atom. The summed E-state index contributed by atoms with van der Waals surface area (Å²) in [5.41, 5.74) is 0.613. The van der Waals surface area contributed by atoms with Crippen molar-refractivity contribution >= 4 is 0 Å².